The van der Waals surface area contributed by atoms with E-state index in [4.69, 9.17) is 0 Å². The third kappa shape index (κ3) is 2.65. The van der Waals surface area contributed by atoms with Gasteiger partial charge in [-0.15, -0.1) is 0 Å². The molecule has 8 aromatic rings. The number of nitrogens with zero attached hydrogens (tertiary/aromatic N) is 3. The highest BCUT2D eigenvalue weighted by molar-refractivity contribution is 6.13. The van der Waals surface area contributed by atoms with E-state index in [9.17, 15) is 0 Å². The second-order valence-electron chi connectivity index (χ2n) is 9.33. The van der Waals surface area contributed by atoms with Gasteiger partial charge in [0.1, 0.15) is 0 Å². The molecule has 0 saturated carbocycles. The first kappa shape index (κ1) is 19.4. The Morgan fingerprint density at radius 3 is 1.78 bits per heavy atom. The number of hydrogen-bond donors (Lipinski definition) is 0. The molecule has 0 aliphatic rings. The van der Waals surface area contributed by atoms with Gasteiger partial charge >= 0.3 is 0 Å². The Labute approximate surface area is 207 Å². The summed E-state index contributed by atoms with van der Waals surface area (Å²) in [4.78, 5) is 0. The van der Waals surface area contributed by atoms with Gasteiger partial charge in [-0.05, 0) is 59.0 Å². The molecule has 0 aliphatic heterocycles. The van der Waals surface area contributed by atoms with E-state index in [1.54, 1.807) is 0 Å². The molecule has 0 bridgehead atoms. The Kier molecular flexibility index (Phi) is 3.94. The monoisotopic (exact) mass is 459 g/mol. The number of benzene rings is 5. The lowest BCUT2D eigenvalue weighted by Crippen LogP contribution is -1.94. The zero-order valence-corrected chi connectivity index (χ0v) is 19.5. The molecular weight excluding hydrogens is 438 g/mol. The van der Waals surface area contributed by atoms with Gasteiger partial charge in [0.05, 0.1) is 28.3 Å². The SMILES string of the molecule is c1cc(-c2ccc3c4ccccc4n4nccc4c3c2)cc(-n2c3ccccc3c3ccccc32)c1. The molecule has 0 radical (unpaired) electrons. The average Bonchev–Trinajstić information content (AvgIpc) is 3.57. The van der Waals surface area contributed by atoms with Crippen molar-refractivity contribution in [2.75, 3.05) is 0 Å². The van der Waals surface area contributed by atoms with Crippen molar-refractivity contribution in [3.8, 4) is 16.8 Å². The minimum atomic E-state index is 1.13. The molecule has 3 aromatic heterocycles. The van der Waals surface area contributed by atoms with Crippen LogP contribution in [0.1, 0.15) is 0 Å². The van der Waals surface area contributed by atoms with Crippen LogP contribution in [0.4, 0.5) is 0 Å². The number of para-hydroxylation sites is 3. The van der Waals surface area contributed by atoms with Crippen LogP contribution in [0, 0.1) is 0 Å². The summed E-state index contributed by atoms with van der Waals surface area (Å²) in [7, 11) is 0. The Bertz CT molecular complexity index is 2060. The predicted molar refractivity (Wildman–Crippen MR) is 150 cm³/mol. The van der Waals surface area contributed by atoms with E-state index in [0.29, 0.717) is 0 Å². The van der Waals surface area contributed by atoms with Crippen molar-refractivity contribution in [1.29, 1.82) is 0 Å². The highest BCUT2D eigenvalue weighted by atomic mass is 15.2. The van der Waals surface area contributed by atoms with Gasteiger partial charge < -0.3 is 4.57 Å². The molecule has 0 N–H and O–H groups in total. The Morgan fingerprint density at radius 1 is 0.417 bits per heavy atom. The lowest BCUT2D eigenvalue weighted by Gasteiger charge is -2.12. The molecule has 168 valence electrons. The van der Waals surface area contributed by atoms with Crippen LogP contribution in [-0.2, 0) is 0 Å². The maximum atomic E-state index is 4.62. The second kappa shape index (κ2) is 7.30. The summed E-state index contributed by atoms with van der Waals surface area (Å²) in [6.45, 7) is 0. The van der Waals surface area contributed by atoms with Crippen molar-refractivity contribution in [3.05, 3.63) is 128 Å². The number of hydrogen-bond acceptors (Lipinski definition) is 1. The van der Waals surface area contributed by atoms with Crippen LogP contribution < -0.4 is 0 Å². The zero-order chi connectivity index (χ0) is 23.6. The van der Waals surface area contributed by atoms with Crippen molar-refractivity contribution >= 4 is 49.0 Å². The summed E-state index contributed by atoms with van der Waals surface area (Å²) >= 11 is 0. The lowest BCUT2D eigenvalue weighted by molar-refractivity contribution is 1.01. The molecule has 36 heavy (non-hydrogen) atoms. The molecule has 0 aliphatic carbocycles. The van der Waals surface area contributed by atoms with Gasteiger partial charge in [0.15, 0.2) is 0 Å². The molecule has 5 aromatic carbocycles. The Balaban J connectivity index is 1.37. The summed E-state index contributed by atoms with van der Waals surface area (Å²) in [5.74, 6) is 0. The van der Waals surface area contributed by atoms with Crippen LogP contribution in [0.2, 0.25) is 0 Å². The van der Waals surface area contributed by atoms with Gasteiger partial charge in [-0.25, -0.2) is 4.52 Å². The molecule has 0 unspecified atom stereocenters. The van der Waals surface area contributed by atoms with E-state index < -0.39 is 0 Å². The zero-order valence-electron chi connectivity index (χ0n) is 19.5. The van der Waals surface area contributed by atoms with Crippen LogP contribution in [-0.4, -0.2) is 14.2 Å². The molecule has 0 amide bonds. The van der Waals surface area contributed by atoms with Gasteiger partial charge in [0.25, 0.3) is 0 Å². The third-order valence-electron chi connectivity index (χ3n) is 7.38. The van der Waals surface area contributed by atoms with E-state index >= 15 is 0 Å². The summed E-state index contributed by atoms with van der Waals surface area (Å²) in [6, 6.07) is 43.6. The quantitative estimate of drug-likeness (QED) is 0.238. The first-order chi connectivity index (χ1) is 17.9. The van der Waals surface area contributed by atoms with Crippen molar-refractivity contribution in [2.24, 2.45) is 0 Å². The highest BCUT2D eigenvalue weighted by Crippen LogP contribution is 2.35. The van der Waals surface area contributed by atoms with E-state index in [0.717, 1.165) is 16.7 Å². The van der Waals surface area contributed by atoms with E-state index in [2.05, 4.69) is 136 Å². The predicted octanol–water partition coefficient (Wildman–Crippen LogP) is 8.40. The first-order valence-corrected chi connectivity index (χ1v) is 12.2. The van der Waals surface area contributed by atoms with Crippen LogP contribution >= 0.6 is 0 Å². The molecule has 3 heterocycles. The number of aromatic nitrogens is 3. The van der Waals surface area contributed by atoms with Gasteiger partial charge in [0, 0.05) is 27.2 Å². The number of fused-ring (bicyclic) bond motifs is 9. The number of pyridine rings is 1. The normalized spacial score (nSPS) is 11.9. The molecule has 3 nitrogen and oxygen atoms in total. The minimum absolute atomic E-state index is 1.13. The summed E-state index contributed by atoms with van der Waals surface area (Å²) in [5, 5.41) is 10.9. The van der Waals surface area contributed by atoms with E-state index in [1.165, 1.54) is 49.1 Å². The van der Waals surface area contributed by atoms with Crippen LogP contribution in [0.25, 0.3) is 65.8 Å². The molecule has 0 atom stereocenters. The van der Waals surface area contributed by atoms with Gasteiger partial charge in [-0.1, -0.05) is 78.9 Å². The van der Waals surface area contributed by atoms with Gasteiger partial charge in [-0.3, -0.25) is 0 Å². The maximum Gasteiger partial charge on any atom is 0.0747 e. The molecule has 0 spiro atoms. The topological polar surface area (TPSA) is 22.2 Å². The molecular formula is C33H21N3. The summed E-state index contributed by atoms with van der Waals surface area (Å²) < 4.78 is 4.42. The van der Waals surface area contributed by atoms with Crippen molar-refractivity contribution in [3.63, 3.8) is 0 Å². The maximum absolute atomic E-state index is 4.62. The standard InChI is InChI=1S/C33H21N3/c1-4-13-30-27(11-1)28-12-2-5-14-31(28)35(30)24-9-7-8-22(20-24)23-16-17-25-26-10-3-6-15-32(26)36-33(18-19-34-36)29(25)21-23/h1-21H. The fourth-order valence-corrected chi connectivity index (χ4v) is 5.78. The fraction of sp³-hybridized carbons (Fsp3) is 0. The molecule has 8 rings (SSSR count). The highest BCUT2D eigenvalue weighted by Gasteiger charge is 2.13. The summed E-state index contributed by atoms with van der Waals surface area (Å²) in [5.41, 5.74) is 8.27. The van der Waals surface area contributed by atoms with Crippen LogP contribution in [0.3, 0.4) is 0 Å². The van der Waals surface area contributed by atoms with Crippen LogP contribution in [0.5, 0.6) is 0 Å². The molecule has 3 heteroatoms. The van der Waals surface area contributed by atoms with Crippen molar-refractivity contribution < 1.29 is 0 Å². The minimum Gasteiger partial charge on any atom is -0.309 e. The fourth-order valence-electron chi connectivity index (χ4n) is 5.78. The van der Waals surface area contributed by atoms with E-state index in [1.807, 2.05) is 6.20 Å². The van der Waals surface area contributed by atoms with E-state index in [-0.39, 0.29) is 0 Å². The van der Waals surface area contributed by atoms with Crippen molar-refractivity contribution in [1.82, 2.24) is 14.2 Å². The largest absolute Gasteiger partial charge is 0.309 e. The Hall–Kier alpha value is -4.89. The summed E-state index contributed by atoms with van der Waals surface area (Å²) in [6.07, 6.45) is 1.89. The van der Waals surface area contributed by atoms with Crippen molar-refractivity contribution in [2.45, 2.75) is 0 Å². The van der Waals surface area contributed by atoms with Gasteiger partial charge in [0.2, 0.25) is 0 Å². The average molecular weight is 460 g/mol. The van der Waals surface area contributed by atoms with Gasteiger partial charge in [-0.2, -0.15) is 5.10 Å². The Morgan fingerprint density at radius 2 is 1.03 bits per heavy atom. The smallest absolute Gasteiger partial charge is 0.0747 e. The second-order valence-corrected chi connectivity index (χ2v) is 9.33. The molecule has 0 saturated heterocycles. The molecule has 0 fully saturated rings. The van der Waals surface area contributed by atoms with Crippen LogP contribution in [0.15, 0.2) is 128 Å². The number of rotatable bonds is 2. The first-order valence-electron chi connectivity index (χ1n) is 12.2. The lowest BCUT2D eigenvalue weighted by atomic mass is 9.98. The third-order valence-corrected chi connectivity index (χ3v) is 7.38.